The zero-order valence-electron chi connectivity index (χ0n) is 11.2. The van der Waals surface area contributed by atoms with Crippen LogP contribution in [0, 0.1) is 0 Å². The topological polar surface area (TPSA) is 31.7 Å². The molecular formula is C14H23N3O. The van der Waals surface area contributed by atoms with Gasteiger partial charge in [0.25, 0.3) is 0 Å². The van der Waals surface area contributed by atoms with E-state index in [1.165, 1.54) is 44.6 Å². The largest absolute Gasteiger partial charge is 0.468 e. The molecular weight excluding hydrogens is 226 g/mol. The summed E-state index contributed by atoms with van der Waals surface area (Å²) in [6, 6.07) is 3.09. The molecule has 1 N–H and O–H groups in total. The smallest absolute Gasteiger partial charge is 0.118 e. The fourth-order valence-electron chi connectivity index (χ4n) is 2.75. The Kier molecular flexibility index (Phi) is 3.68. The van der Waals surface area contributed by atoms with Gasteiger partial charge in [-0.3, -0.25) is 9.80 Å². The van der Waals surface area contributed by atoms with E-state index in [2.05, 4.69) is 21.2 Å². The summed E-state index contributed by atoms with van der Waals surface area (Å²) in [7, 11) is 1.96. The van der Waals surface area contributed by atoms with Crippen LogP contribution in [-0.4, -0.2) is 49.1 Å². The standard InChI is InChI=1S/C14H23N3O/c1-15-9-12-8-14(18-11-12)10-16-4-6-17(7-5-16)13-2-3-13/h8,11,13,15H,2-7,9-10H2,1H3. The van der Waals surface area contributed by atoms with Crippen LogP contribution in [0.4, 0.5) is 0 Å². The summed E-state index contributed by atoms with van der Waals surface area (Å²) in [4.78, 5) is 5.14. The fraction of sp³-hybridized carbons (Fsp3) is 0.714. The van der Waals surface area contributed by atoms with E-state index in [0.29, 0.717) is 0 Å². The molecule has 0 amide bonds. The molecule has 1 aliphatic heterocycles. The van der Waals surface area contributed by atoms with Crippen molar-refractivity contribution < 1.29 is 4.42 Å². The van der Waals surface area contributed by atoms with Gasteiger partial charge in [0.2, 0.25) is 0 Å². The summed E-state index contributed by atoms with van der Waals surface area (Å²) in [5.74, 6) is 1.10. The summed E-state index contributed by atoms with van der Waals surface area (Å²) in [5.41, 5.74) is 1.24. The summed E-state index contributed by atoms with van der Waals surface area (Å²) in [6.45, 7) is 6.67. The van der Waals surface area contributed by atoms with Crippen LogP contribution in [-0.2, 0) is 13.1 Å². The Bertz CT molecular complexity index is 378. The van der Waals surface area contributed by atoms with Gasteiger partial charge < -0.3 is 9.73 Å². The van der Waals surface area contributed by atoms with Crippen LogP contribution < -0.4 is 5.32 Å². The molecule has 2 aliphatic rings. The molecule has 0 aromatic carbocycles. The Hall–Kier alpha value is -0.840. The van der Waals surface area contributed by atoms with Crippen LogP contribution in [0.5, 0.6) is 0 Å². The van der Waals surface area contributed by atoms with E-state index >= 15 is 0 Å². The Morgan fingerprint density at radius 1 is 1.28 bits per heavy atom. The van der Waals surface area contributed by atoms with Crippen LogP contribution >= 0.6 is 0 Å². The second-order valence-corrected chi connectivity index (χ2v) is 5.49. The van der Waals surface area contributed by atoms with Crippen molar-refractivity contribution in [3.05, 3.63) is 23.7 Å². The lowest BCUT2D eigenvalue weighted by molar-refractivity contribution is 0.115. The van der Waals surface area contributed by atoms with Gasteiger partial charge in [0.1, 0.15) is 5.76 Å². The highest BCUT2D eigenvalue weighted by Crippen LogP contribution is 2.27. The van der Waals surface area contributed by atoms with Crippen molar-refractivity contribution in [2.45, 2.75) is 32.0 Å². The average molecular weight is 249 g/mol. The predicted octanol–water partition coefficient (Wildman–Crippen LogP) is 1.28. The van der Waals surface area contributed by atoms with E-state index < -0.39 is 0 Å². The molecule has 4 nitrogen and oxygen atoms in total. The molecule has 1 saturated heterocycles. The van der Waals surface area contributed by atoms with Crippen molar-refractivity contribution in [1.29, 1.82) is 0 Å². The summed E-state index contributed by atoms with van der Waals surface area (Å²) in [6.07, 6.45) is 4.71. The van der Waals surface area contributed by atoms with Gasteiger partial charge in [-0.05, 0) is 26.0 Å². The van der Waals surface area contributed by atoms with E-state index in [1.54, 1.807) is 0 Å². The van der Waals surface area contributed by atoms with Gasteiger partial charge in [0.05, 0.1) is 12.8 Å². The van der Waals surface area contributed by atoms with Gasteiger partial charge in [-0.1, -0.05) is 0 Å². The number of rotatable bonds is 5. The first kappa shape index (κ1) is 12.2. The lowest BCUT2D eigenvalue weighted by Gasteiger charge is -2.34. The minimum absolute atomic E-state index is 0.888. The van der Waals surface area contributed by atoms with E-state index in [-0.39, 0.29) is 0 Å². The maximum Gasteiger partial charge on any atom is 0.118 e. The highest BCUT2D eigenvalue weighted by atomic mass is 16.3. The second kappa shape index (κ2) is 5.43. The third-order valence-corrected chi connectivity index (χ3v) is 3.94. The van der Waals surface area contributed by atoms with E-state index in [4.69, 9.17) is 4.42 Å². The SMILES string of the molecule is CNCc1coc(CN2CCN(C3CC3)CC2)c1. The molecule has 1 aliphatic carbocycles. The molecule has 4 heteroatoms. The lowest BCUT2D eigenvalue weighted by atomic mass is 10.2. The van der Waals surface area contributed by atoms with Gasteiger partial charge in [-0.2, -0.15) is 0 Å². The third-order valence-electron chi connectivity index (χ3n) is 3.94. The number of hydrogen-bond donors (Lipinski definition) is 1. The fourth-order valence-corrected chi connectivity index (χ4v) is 2.75. The number of piperazine rings is 1. The van der Waals surface area contributed by atoms with Crippen LogP contribution in [0.3, 0.4) is 0 Å². The van der Waals surface area contributed by atoms with Gasteiger partial charge in [0, 0.05) is 44.3 Å². The summed E-state index contributed by atoms with van der Waals surface area (Å²) >= 11 is 0. The van der Waals surface area contributed by atoms with Crippen molar-refractivity contribution in [2.24, 2.45) is 0 Å². The molecule has 0 atom stereocenters. The number of hydrogen-bond acceptors (Lipinski definition) is 4. The van der Waals surface area contributed by atoms with Crippen LogP contribution in [0.1, 0.15) is 24.2 Å². The molecule has 100 valence electrons. The van der Waals surface area contributed by atoms with E-state index in [9.17, 15) is 0 Å². The Morgan fingerprint density at radius 2 is 2.06 bits per heavy atom. The monoisotopic (exact) mass is 249 g/mol. The van der Waals surface area contributed by atoms with E-state index in [1.807, 2.05) is 13.3 Å². The molecule has 0 spiro atoms. The minimum Gasteiger partial charge on any atom is -0.468 e. The van der Waals surface area contributed by atoms with Gasteiger partial charge in [0.15, 0.2) is 0 Å². The predicted molar refractivity (Wildman–Crippen MR) is 71.3 cm³/mol. The molecule has 0 radical (unpaired) electrons. The van der Waals surface area contributed by atoms with Crippen molar-refractivity contribution >= 4 is 0 Å². The molecule has 0 bridgehead atoms. The molecule has 3 rings (SSSR count). The molecule has 18 heavy (non-hydrogen) atoms. The summed E-state index contributed by atoms with van der Waals surface area (Å²) in [5, 5.41) is 3.15. The number of nitrogens with zero attached hydrogens (tertiary/aromatic N) is 2. The average Bonchev–Trinajstić information content (AvgIpc) is 3.14. The highest BCUT2D eigenvalue weighted by Gasteiger charge is 2.31. The van der Waals surface area contributed by atoms with Crippen LogP contribution in [0.25, 0.3) is 0 Å². The first-order valence-electron chi connectivity index (χ1n) is 7.02. The maximum absolute atomic E-state index is 5.61. The molecule has 0 unspecified atom stereocenters. The molecule has 2 heterocycles. The van der Waals surface area contributed by atoms with Crippen molar-refractivity contribution in [1.82, 2.24) is 15.1 Å². The minimum atomic E-state index is 0.888. The maximum atomic E-state index is 5.61. The van der Waals surface area contributed by atoms with Crippen molar-refractivity contribution in [2.75, 3.05) is 33.2 Å². The van der Waals surface area contributed by atoms with Crippen molar-refractivity contribution in [3.63, 3.8) is 0 Å². The number of furan rings is 1. The molecule has 1 saturated carbocycles. The summed E-state index contributed by atoms with van der Waals surface area (Å²) < 4.78 is 5.61. The highest BCUT2D eigenvalue weighted by molar-refractivity contribution is 5.12. The number of nitrogens with one attached hydrogen (secondary N) is 1. The first-order valence-corrected chi connectivity index (χ1v) is 7.02. The van der Waals surface area contributed by atoms with Crippen LogP contribution in [0.15, 0.2) is 16.7 Å². The Labute approximate surface area is 109 Å². The van der Waals surface area contributed by atoms with Crippen molar-refractivity contribution in [3.8, 4) is 0 Å². The zero-order valence-corrected chi connectivity index (χ0v) is 11.2. The third kappa shape index (κ3) is 2.94. The van der Waals surface area contributed by atoms with E-state index in [0.717, 1.165) is 24.9 Å². The lowest BCUT2D eigenvalue weighted by Crippen LogP contribution is -2.46. The quantitative estimate of drug-likeness (QED) is 0.852. The normalized spacial score (nSPS) is 22.5. The zero-order chi connectivity index (χ0) is 12.4. The van der Waals surface area contributed by atoms with Gasteiger partial charge in [-0.25, -0.2) is 0 Å². The van der Waals surface area contributed by atoms with Gasteiger partial charge in [-0.15, -0.1) is 0 Å². The second-order valence-electron chi connectivity index (χ2n) is 5.49. The Balaban J connectivity index is 1.47. The first-order chi connectivity index (χ1) is 8.85. The van der Waals surface area contributed by atoms with Gasteiger partial charge >= 0.3 is 0 Å². The van der Waals surface area contributed by atoms with Crippen LogP contribution in [0.2, 0.25) is 0 Å². The molecule has 1 aromatic heterocycles. The molecule has 2 fully saturated rings. The molecule has 1 aromatic rings. The Morgan fingerprint density at radius 3 is 2.72 bits per heavy atom.